The SMILES string of the molecule is C[C@H]1CC[C@@](C)(C(=O)NCCC(=O)NCc2ccccn2)C1(C)C. The number of hydrogen-bond donors (Lipinski definition) is 2. The lowest BCUT2D eigenvalue weighted by Crippen LogP contribution is -2.47. The topological polar surface area (TPSA) is 71.1 Å². The summed E-state index contributed by atoms with van der Waals surface area (Å²) in [6.45, 7) is 9.38. The van der Waals surface area contributed by atoms with Gasteiger partial charge in [-0.2, -0.15) is 0 Å². The molecule has 24 heavy (non-hydrogen) atoms. The molecule has 0 aliphatic heterocycles. The summed E-state index contributed by atoms with van der Waals surface area (Å²) in [4.78, 5) is 28.7. The van der Waals surface area contributed by atoms with E-state index in [-0.39, 0.29) is 29.1 Å². The van der Waals surface area contributed by atoms with E-state index in [1.165, 1.54) is 0 Å². The average Bonchev–Trinajstić information content (AvgIpc) is 2.78. The van der Waals surface area contributed by atoms with Crippen LogP contribution in [-0.4, -0.2) is 23.3 Å². The summed E-state index contributed by atoms with van der Waals surface area (Å²) in [5.74, 6) is 0.509. The quantitative estimate of drug-likeness (QED) is 0.842. The number of pyridine rings is 1. The van der Waals surface area contributed by atoms with E-state index in [0.29, 0.717) is 19.0 Å². The van der Waals surface area contributed by atoms with Gasteiger partial charge in [0.15, 0.2) is 0 Å². The van der Waals surface area contributed by atoms with Crippen LogP contribution in [0.3, 0.4) is 0 Å². The molecule has 1 aromatic rings. The van der Waals surface area contributed by atoms with Crippen molar-refractivity contribution in [2.75, 3.05) is 6.54 Å². The predicted octanol–water partition coefficient (Wildman–Crippen LogP) is 2.67. The van der Waals surface area contributed by atoms with Crippen LogP contribution in [0.1, 0.15) is 52.7 Å². The number of amides is 2. The highest BCUT2D eigenvalue weighted by Gasteiger charge is 2.53. The minimum atomic E-state index is -0.364. The molecule has 1 aliphatic rings. The molecule has 2 rings (SSSR count). The fourth-order valence-corrected chi connectivity index (χ4v) is 3.40. The normalized spacial score (nSPS) is 25.2. The van der Waals surface area contributed by atoms with Gasteiger partial charge < -0.3 is 10.6 Å². The van der Waals surface area contributed by atoms with Crippen molar-refractivity contribution in [3.8, 4) is 0 Å². The molecule has 1 aliphatic carbocycles. The second-order valence-electron chi connectivity index (χ2n) is 7.60. The zero-order chi connectivity index (χ0) is 17.8. The molecule has 0 spiro atoms. The van der Waals surface area contributed by atoms with Crippen LogP contribution in [0.25, 0.3) is 0 Å². The Labute approximate surface area is 144 Å². The molecule has 0 bridgehead atoms. The number of hydrogen-bond acceptors (Lipinski definition) is 3. The molecule has 0 radical (unpaired) electrons. The number of carbonyl (C=O) groups is 2. The number of rotatable bonds is 6. The Bertz CT molecular complexity index is 586. The van der Waals surface area contributed by atoms with Gasteiger partial charge >= 0.3 is 0 Å². The van der Waals surface area contributed by atoms with Crippen molar-refractivity contribution in [1.82, 2.24) is 15.6 Å². The van der Waals surface area contributed by atoms with Crippen LogP contribution in [0.2, 0.25) is 0 Å². The van der Waals surface area contributed by atoms with Crippen LogP contribution in [0.5, 0.6) is 0 Å². The van der Waals surface area contributed by atoms with Gasteiger partial charge in [0.2, 0.25) is 11.8 Å². The van der Waals surface area contributed by atoms with E-state index in [2.05, 4.69) is 36.4 Å². The van der Waals surface area contributed by atoms with Crippen LogP contribution >= 0.6 is 0 Å². The molecular formula is C19H29N3O2. The Balaban J connectivity index is 1.75. The van der Waals surface area contributed by atoms with Gasteiger partial charge in [0.1, 0.15) is 0 Å². The van der Waals surface area contributed by atoms with Gasteiger partial charge in [-0.15, -0.1) is 0 Å². The second kappa shape index (κ2) is 7.32. The molecule has 1 saturated carbocycles. The van der Waals surface area contributed by atoms with Crippen molar-refractivity contribution in [2.45, 2.75) is 53.5 Å². The van der Waals surface area contributed by atoms with Gasteiger partial charge in [-0.1, -0.05) is 33.8 Å². The van der Waals surface area contributed by atoms with Crippen LogP contribution in [0.15, 0.2) is 24.4 Å². The fourth-order valence-electron chi connectivity index (χ4n) is 3.40. The highest BCUT2D eigenvalue weighted by atomic mass is 16.2. The average molecular weight is 331 g/mol. The van der Waals surface area contributed by atoms with Crippen molar-refractivity contribution < 1.29 is 9.59 Å². The molecule has 2 amide bonds. The maximum Gasteiger partial charge on any atom is 0.226 e. The first-order valence-electron chi connectivity index (χ1n) is 8.72. The maximum absolute atomic E-state index is 12.6. The molecule has 1 heterocycles. The first kappa shape index (κ1) is 18.4. The van der Waals surface area contributed by atoms with Gasteiger partial charge in [-0.05, 0) is 36.3 Å². The van der Waals surface area contributed by atoms with E-state index in [9.17, 15) is 9.59 Å². The molecule has 2 N–H and O–H groups in total. The summed E-state index contributed by atoms with van der Waals surface area (Å²) in [5.41, 5.74) is 0.430. The smallest absolute Gasteiger partial charge is 0.226 e. The zero-order valence-corrected chi connectivity index (χ0v) is 15.2. The molecule has 1 aromatic heterocycles. The molecule has 5 heteroatoms. The maximum atomic E-state index is 12.6. The first-order chi connectivity index (χ1) is 11.3. The summed E-state index contributed by atoms with van der Waals surface area (Å²) >= 11 is 0. The van der Waals surface area contributed by atoms with Gasteiger partial charge in [-0.3, -0.25) is 14.6 Å². The van der Waals surface area contributed by atoms with Crippen LogP contribution in [0, 0.1) is 16.7 Å². The Morgan fingerprint density at radius 1 is 1.25 bits per heavy atom. The second-order valence-corrected chi connectivity index (χ2v) is 7.60. The summed E-state index contributed by atoms with van der Waals surface area (Å²) in [5, 5.41) is 5.78. The number of carbonyl (C=O) groups excluding carboxylic acids is 2. The Kier molecular flexibility index (Phi) is 5.62. The summed E-state index contributed by atoms with van der Waals surface area (Å²) in [6.07, 6.45) is 3.96. The van der Waals surface area contributed by atoms with Crippen LogP contribution < -0.4 is 10.6 Å². The van der Waals surface area contributed by atoms with E-state index < -0.39 is 0 Å². The highest BCUT2D eigenvalue weighted by molar-refractivity contribution is 5.84. The van der Waals surface area contributed by atoms with Gasteiger partial charge in [0.25, 0.3) is 0 Å². The van der Waals surface area contributed by atoms with Crippen LogP contribution in [0.4, 0.5) is 0 Å². The van der Waals surface area contributed by atoms with Gasteiger partial charge in [0, 0.05) is 19.2 Å². The van der Waals surface area contributed by atoms with E-state index >= 15 is 0 Å². The standard InChI is InChI=1S/C19H29N3O2/c1-14-8-10-19(4,18(14,2)3)17(24)21-12-9-16(23)22-13-15-7-5-6-11-20-15/h5-7,11,14H,8-10,12-13H2,1-4H3,(H,21,24)(H,22,23)/t14-,19-/m0/s1. The van der Waals surface area contributed by atoms with Crippen molar-refractivity contribution in [2.24, 2.45) is 16.7 Å². The summed E-state index contributed by atoms with van der Waals surface area (Å²) < 4.78 is 0. The molecule has 1 fully saturated rings. The van der Waals surface area contributed by atoms with Crippen molar-refractivity contribution in [3.63, 3.8) is 0 Å². The lowest BCUT2D eigenvalue weighted by Gasteiger charge is -2.39. The zero-order valence-electron chi connectivity index (χ0n) is 15.2. The Morgan fingerprint density at radius 3 is 2.58 bits per heavy atom. The largest absolute Gasteiger partial charge is 0.355 e. The van der Waals surface area contributed by atoms with E-state index in [1.807, 2.05) is 25.1 Å². The third-order valence-corrected chi connectivity index (χ3v) is 6.06. The van der Waals surface area contributed by atoms with Crippen molar-refractivity contribution in [3.05, 3.63) is 30.1 Å². The van der Waals surface area contributed by atoms with E-state index in [4.69, 9.17) is 0 Å². The van der Waals surface area contributed by atoms with E-state index in [0.717, 1.165) is 18.5 Å². The van der Waals surface area contributed by atoms with Gasteiger partial charge in [-0.25, -0.2) is 0 Å². The summed E-state index contributed by atoms with van der Waals surface area (Å²) in [6, 6.07) is 5.60. The first-order valence-corrected chi connectivity index (χ1v) is 8.72. The lowest BCUT2D eigenvalue weighted by atomic mass is 9.65. The number of nitrogens with one attached hydrogen (secondary N) is 2. The monoisotopic (exact) mass is 331 g/mol. The molecule has 0 saturated heterocycles. The molecule has 5 nitrogen and oxygen atoms in total. The van der Waals surface area contributed by atoms with Crippen LogP contribution in [-0.2, 0) is 16.1 Å². The fraction of sp³-hybridized carbons (Fsp3) is 0.632. The van der Waals surface area contributed by atoms with E-state index in [1.54, 1.807) is 6.20 Å². The molecule has 132 valence electrons. The number of nitrogens with zero attached hydrogens (tertiary/aromatic N) is 1. The van der Waals surface area contributed by atoms with Gasteiger partial charge in [0.05, 0.1) is 17.7 Å². The summed E-state index contributed by atoms with van der Waals surface area (Å²) in [7, 11) is 0. The third-order valence-electron chi connectivity index (χ3n) is 6.06. The Morgan fingerprint density at radius 2 is 2.00 bits per heavy atom. The highest BCUT2D eigenvalue weighted by Crippen LogP contribution is 2.55. The predicted molar refractivity (Wildman–Crippen MR) is 94.0 cm³/mol. The number of aromatic nitrogens is 1. The van der Waals surface area contributed by atoms with Crippen molar-refractivity contribution in [1.29, 1.82) is 0 Å². The third kappa shape index (κ3) is 3.77. The van der Waals surface area contributed by atoms with Crippen molar-refractivity contribution >= 4 is 11.8 Å². The Hall–Kier alpha value is -1.91. The molecule has 0 aromatic carbocycles. The molecular weight excluding hydrogens is 302 g/mol. The molecule has 2 atom stereocenters. The lowest BCUT2D eigenvalue weighted by molar-refractivity contribution is -0.136. The minimum absolute atomic E-state index is 0.0294. The molecule has 0 unspecified atom stereocenters. The minimum Gasteiger partial charge on any atom is -0.355 e.